The zero-order valence-corrected chi connectivity index (χ0v) is 15.6. The SMILES string of the molecule is CCN1CCN(C(=O)C(C)N(C)Cc2ccc(SC)cc2)CC1. The molecule has 1 aromatic rings. The molecule has 2 rings (SSSR count). The van der Waals surface area contributed by atoms with Crippen LogP contribution in [0.1, 0.15) is 19.4 Å². The van der Waals surface area contributed by atoms with E-state index in [2.05, 4.69) is 47.2 Å². The summed E-state index contributed by atoms with van der Waals surface area (Å²) in [6.07, 6.45) is 2.08. The van der Waals surface area contributed by atoms with Gasteiger partial charge in [-0.2, -0.15) is 0 Å². The number of carbonyl (C=O) groups is 1. The first kappa shape index (κ1) is 18.3. The van der Waals surface area contributed by atoms with Crippen LogP contribution < -0.4 is 0 Å². The number of hydrogen-bond acceptors (Lipinski definition) is 4. The van der Waals surface area contributed by atoms with Crippen molar-refractivity contribution in [2.75, 3.05) is 46.0 Å². The van der Waals surface area contributed by atoms with Crippen molar-refractivity contribution in [2.45, 2.75) is 31.3 Å². The van der Waals surface area contributed by atoms with Crippen LogP contribution in [0.3, 0.4) is 0 Å². The number of amides is 1. The van der Waals surface area contributed by atoms with Gasteiger partial charge in [0.1, 0.15) is 0 Å². The number of rotatable bonds is 6. The van der Waals surface area contributed by atoms with Gasteiger partial charge in [-0.05, 0) is 44.5 Å². The second-order valence-electron chi connectivity index (χ2n) is 6.20. The van der Waals surface area contributed by atoms with Crippen molar-refractivity contribution < 1.29 is 4.79 Å². The topological polar surface area (TPSA) is 26.8 Å². The van der Waals surface area contributed by atoms with Crippen molar-refractivity contribution in [3.8, 4) is 0 Å². The maximum atomic E-state index is 12.7. The molecule has 4 nitrogen and oxygen atoms in total. The van der Waals surface area contributed by atoms with Gasteiger partial charge in [0.05, 0.1) is 6.04 Å². The van der Waals surface area contributed by atoms with Crippen molar-refractivity contribution in [2.24, 2.45) is 0 Å². The van der Waals surface area contributed by atoms with Gasteiger partial charge in [-0.25, -0.2) is 0 Å². The molecule has 1 fully saturated rings. The fourth-order valence-corrected chi connectivity index (χ4v) is 3.30. The van der Waals surface area contributed by atoms with E-state index in [1.165, 1.54) is 10.5 Å². The highest BCUT2D eigenvalue weighted by atomic mass is 32.2. The van der Waals surface area contributed by atoms with Crippen LogP contribution in [0.2, 0.25) is 0 Å². The Morgan fingerprint density at radius 2 is 1.83 bits per heavy atom. The van der Waals surface area contributed by atoms with Gasteiger partial charge < -0.3 is 9.80 Å². The molecule has 5 heteroatoms. The zero-order valence-electron chi connectivity index (χ0n) is 14.8. The van der Waals surface area contributed by atoms with E-state index >= 15 is 0 Å². The molecule has 1 aliphatic rings. The van der Waals surface area contributed by atoms with E-state index in [9.17, 15) is 4.79 Å². The maximum Gasteiger partial charge on any atom is 0.239 e. The molecule has 1 aromatic carbocycles. The molecule has 0 saturated carbocycles. The van der Waals surface area contributed by atoms with Crippen molar-refractivity contribution in [1.29, 1.82) is 0 Å². The molecule has 128 valence electrons. The Morgan fingerprint density at radius 1 is 1.22 bits per heavy atom. The number of nitrogens with zero attached hydrogens (tertiary/aromatic N) is 3. The van der Waals surface area contributed by atoms with Gasteiger partial charge in [0.15, 0.2) is 0 Å². The molecule has 1 unspecified atom stereocenters. The summed E-state index contributed by atoms with van der Waals surface area (Å²) in [5, 5.41) is 0. The lowest BCUT2D eigenvalue weighted by atomic mass is 10.1. The number of piperazine rings is 1. The summed E-state index contributed by atoms with van der Waals surface area (Å²) in [6, 6.07) is 8.51. The van der Waals surface area contributed by atoms with Gasteiger partial charge in [0, 0.05) is 37.6 Å². The molecule has 1 aliphatic heterocycles. The number of hydrogen-bond donors (Lipinski definition) is 0. The van der Waals surface area contributed by atoms with E-state index in [0.29, 0.717) is 0 Å². The number of benzene rings is 1. The summed E-state index contributed by atoms with van der Waals surface area (Å²) in [5.74, 6) is 0.254. The summed E-state index contributed by atoms with van der Waals surface area (Å²) in [4.78, 5) is 20.5. The van der Waals surface area contributed by atoms with E-state index in [1.54, 1.807) is 11.8 Å². The molecule has 1 heterocycles. The Morgan fingerprint density at radius 3 is 2.35 bits per heavy atom. The molecular formula is C18H29N3OS. The molecular weight excluding hydrogens is 306 g/mol. The summed E-state index contributed by atoms with van der Waals surface area (Å²) in [5.41, 5.74) is 1.25. The molecule has 0 spiro atoms. The minimum atomic E-state index is -0.0802. The van der Waals surface area contributed by atoms with Crippen molar-refractivity contribution in [3.05, 3.63) is 29.8 Å². The zero-order chi connectivity index (χ0) is 16.8. The third kappa shape index (κ3) is 4.96. The Kier molecular flexibility index (Phi) is 6.93. The molecule has 1 amide bonds. The van der Waals surface area contributed by atoms with Crippen LogP contribution in [-0.4, -0.2) is 72.7 Å². The minimum absolute atomic E-state index is 0.0802. The fourth-order valence-electron chi connectivity index (χ4n) is 2.89. The quantitative estimate of drug-likeness (QED) is 0.746. The smallest absolute Gasteiger partial charge is 0.239 e. The average Bonchev–Trinajstić information content (AvgIpc) is 2.61. The molecule has 1 atom stereocenters. The Bertz CT molecular complexity index is 497. The van der Waals surface area contributed by atoms with Gasteiger partial charge in [-0.1, -0.05) is 19.1 Å². The normalized spacial score (nSPS) is 17.5. The summed E-state index contributed by atoms with van der Waals surface area (Å²) in [6.45, 7) is 9.77. The van der Waals surface area contributed by atoms with Gasteiger partial charge >= 0.3 is 0 Å². The van der Waals surface area contributed by atoms with E-state index in [-0.39, 0.29) is 11.9 Å². The van der Waals surface area contributed by atoms with E-state index in [4.69, 9.17) is 0 Å². The van der Waals surface area contributed by atoms with Crippen LogP contribution in [-0.2, 0) is 11.3 Å². The largest absolute Gasteiger partial charge is 0.339 e. The van der Waals surface area contributed by atoms with Crippen LogP contribution in [0.4, 0.5) is 0 Å². The van der Waals surface area contributed by atoms with Crippen molar-refractivity contribution in [1.82, 2.24) is 14.7 Å². The minimum Gasteiger partial charge on any atom is -0.339 e. The average molecular weight is 336 g/mol. The first-order valence-corrected chi connectivity index (χ1v) is 9.62. The highest BCUT2D eigenvalue weighted by Gasteiger charge is 2.26. The van der Waals surface area contributed by atoms with Gasteiger partial charge in [0.2, 0.25) is 5.91 Å². The predicted octanol–water partition coefficient (Wildman–Crippen LogP) is 2.39. The van der Waals surface area contributed by atoms with E-state index in [0.717, 1.165) is 39.3 Å². The molecule has 0 aromatic heterocycles. The first-order valence-electron chi connectivity index (χ1n) is 8.39. The van der Waals surface area contributed by atoms with E-state index < -0.39 is 0 Å². The number of likely N-dealkylation sites (N-methyl/N-ethyl adjacent to an activating group) is 2. The third-order valence-electron chi connectivity index (χ3n) is 4.74. The highest BCUT2D eigenvalue weighted by Crippen LogP contribution is 2.16. The lowest BCUT2D eigenvalue weighted by molar-refractivity contribution is -0.137. The van der Waals surface area contributed by atoms with Crippen molar-refractivity contribution in [3.63, 3.8) is 0 Å². The molecule has 0 N–H and O–H groups in total. The molecule has 0 bridgehead atoms. The lowest BCUT2D eigenvalue weighted by Gasteiger charge is -2.37. The van der Waals surface area contributed by atoms with Gasteiger partial charge in [-0.3, -0.25) is 9.69 Å². The number of thioether (sulfide) groups is 1. The first-order chi connectivity index (χ1) is 11.0. The summed E-state index contributed by atoms with van der Waals surface area (Å²) < 4.78 is 0. The van der Waals surface area contributed by atoms with Crippen LogP contribution in [0, 0.1) is 0 Å². The number of carbonyl (C=O) groups excluding carboxylic acids is 1. The summed E-state index contributed by atoms with van der Waals surface area (Å²) in [7, 11) is 2.04. The monoisotopic (exact) mass is 335 g/mol. The van der Waals surface area contributed by atoms with Crippen molar-refractivity contribution >= 4 is 17.7 Å². The Balaban J connectivity index is 1.88. The maximum absolute atomic E-state index is 12.7. The highest BCUT2D eigenvalue weighted by molar-refractivity contribution is 7.98. The fraction of sp³-hybridized carbons (Fsp3) is 0.611. The Labute approximate surface area is 144 Å². The predicted molar refractivity (Wildman–Crippen MR) is 97.8 cm³/mol. The third-order valence-corrected chi connectivity index (χ3v) is 5.48. The van der Waals surface area contributed by atoms with Crippen LogP contribution >= 0.6 is 11.8 Å². The summed E-state index contributed by atoms with van der Waals surface area (Å²) >= 11 is 1.75. The molecule has 0 aliphatic carbocycles. The second-order valence-corrected chi connectivity index (χ2v) is 7.08. The second kappa shape index (κ2) is 8.71. The van der Waals surface area contributed by atoms with E-state index in [1.807, 2.05) is 18.9 Å². The lowest BCUT2D eigenvalue weighted by Crippen LogP contribution is -2.53. The van der Waals surface area contributed by atoms with Crippen LogP contribution in [0.25, 0.3) is 0 Å². The van der Waals surface area contributed by atoms with Gasteiger partial charge in [0.25, 0.3) is 0 Å². The molecule has 23 heavy (non-hydrogen) atoms. The van der Waals surface area contributed by atoms with Crippen LogP contribution in [0.15, 0.2) is 29.2 Å². The Hall–Kier alpha value is -1.04. The molecule has 1 saturated heterocycles. The molecule has 0 radical (unpaired) electrons. The van der Waals surface area contributed by atoms with Crippen LogP contribution in [0.5, 0.6) is 0 Å². The standard InChI is InChI=1S/C18H29N3OS/c1-5-20-10-12-21(13-11-20)18(22)15(2)19(3)14-16-6-8-17(23-4)9-7-16/h6-9,15H,5,10-14H2,1-4H3. The van der Waals surface area contributed by atoms with Gasteiger partial charge in [-0.15, -0.1) is 11.8 Å².